The second-order valence-electron chi connectivity index (χ2n) is 9.24. The van der Waals surface area contributed by atoms with Crippen molar-refractivity contribution in [1.29, 1.82) is 0 Å². The smallest absolute Gasteiger partial charge is 0.441 e. The summed E-state index contributed by atoms with van der Waals surface area (Å²) in [6.07, 6.45) is -0.512. The van der Waals surface area contributed by atoms with E-state index in [2.05, 4.69) is 31.7 Å². The first-order valence-electron chi connectivity index (χ1n) is 10.8. The standard InChI is InChI=1S/C23H29N3O6/c1-15-19(32-22(29)31-15)14-30-21(28)25-10-8-24(9-11-25)20(27)17-7-5-6-16-12-26(13-18(16)17)23(2,3)4/h5-7H,8-14H2,1-4H3. The van der Waals surface area contributed by atoms with E-state index < -0.39 is 11.9 Å². The topological polar surface area (TPSA) is 96.4 Å². The van der Waals surface area contributed by atoms with Crippen LogP contribution in [0.5, 0.6) is 0 Å². The number of carbonyl (C=O) groups is 2. The summed E-state index contributed by atoms with van der Waals surface area (Å²) in [6, 6.07) is 5.94. The summed E-state index contributed by atoms with van der Waals surface area (Å²) in [7, 11) is 0. The fourth-order valence-electron chi connectivity index (χ4n) is 4.08. The largest absolute Gasteiger partial charge is 0.519 e. The van der Waals surface area contributed by atoms with Crippen molar-refractivity contribution in [2.24, 2.45) is 0 Å². The number of piperazine rings is 1. The molecule has 0 N–H and O–H groups in total. The highest BCUT2D eigenvalue weighted by atomic mass is 16.6. The molecule has 0 atom stereocenters. The third-order valence-corrected chi connectivity index (χ3v) is 6.15. The van der Waals surface area contributed by atoms with Crippen LogP contribution in [0.25, 0.3) is 0 Å². The molecule has 0 saturated carbocycles. The molecule has 9 nitrogen and oxygen atoms in total. The number of ether oxygens (including phenoxy) is 1. The average molecular weight is 444 g/mol. The first-order chi connectivity index (χ1) is 15.1. The monoisotopic (exact) mass is 443 g/mol. The average Bonchev–Trinajstić information content (AvgIpc) is 3.34. The highest BCUT2D eigenvalue weighted by Gasteiger charge is 2.33. The zero-order chi connectivity index (χ0) is 23.0. The molecule has 1 aromatic heterocycles. The van der Waals surface area contributed by atoms with E-state index >= 15 is 0 Å². The normalized spacial score (nSPS) is 16.9. The van der Waals surface area contributed by atoms with Crippen LogP contribution in [0.2, 0.25) is 0 Å². The lowest BCUT2D eigenvalue weighted by atomic mass is 10.0. The van der Waals surface area contributed by atoms with Gasteiger partial charge in [-0.25, -0.2) is 9.59 Å². The van der Waals surface area contributed by atoms with Gasteiger partial charge in [-0.05, 0) is 44.9 Å². The molecule has 1 aromatic carbocycles. The molecule has 0 unspecified atom stereocenters. The molecule has 2 aromatic rings. The van der Waals surface area contributed by atoms with Crippen molar-refractivity contribution in [3.8, 4) is 0 Å². The Morgan fingerprint density at radius 3 is 2.34 bits per heavy atom. The van der Waals surface area contributed by atoms with Crippen molar-refractivity contribution in [2.75, 3.05) is 26.2 Å². The van der Waals surface area contributed by atoms with E-state index in [1.165, 1.54) is 5.56 Å². The molecule has 4 rings (SSSR count). The molecule has 1 fully saturated rings. The van der Waals surface area contributed by atoms with Gasteiger partial charge < -0.3 is 23.4 Å². The summed E-state index contributed by atoms with van der Waals surface area (Å²) in [5.74, 6) is -0.335. The summed E-state index contributed by atoms with van der Waals surface area (Å²) in [4.78, 5) is 42.4. The predicted octanol–water partition coefficient (Wildman–Crippen LogP) is 2.75. The van der Waals surface area contributed by atoms with Crippen LogP contribution in [0.1, 0.15) is 53.8 Å². The molecule has 0 bridgehead atoms. The van der Waals surface area contributed by atoms with Crippen molar-refractivity contribution in [3.63, 3.8) is 0 Å². The van der Waals surface area contributed by atoms with Crippen molar-refractivity contribution >= 4 is 12.0 Å². The molecule has 2 aliphatic heterocycles. The van der Waals surface area contributed by atoms with E-state index in [0.29, 0.717) is 31.9 Å². The summed E-state index contributed by atoms with van der Waals surface area (Å²) in [5, 5.41) is 0. The van der Waals surface area contributed by atoms with Gasteiger partial charge in [0.25, 0.3) is 5.91 Å². The minimum Gasteiger partial charge on any atom is -0.441 e. The summed E-state index contributed by atoms with van der Waals surface area (Å²) in [5.41, 5.74) is 3.08. The quantitative estimate of drug-likeness (QED) is 0.720. The van der Waals surface area contributed by atoms with Crippen LogP contribution < -0.4 is 5.82 Å². The van der Waals surface area contributed by atoms with Crippen molar-refractivity contribution < 1.29 is 23.2 Å². The Morgan fingerprint density at radius 1 is 1.03 bits per heavy atom. The molecule has 2 amide bonds. The molecular weight excluding hydrogens is 414 g/mol. The lowest BCUT2D eigenvalue weighted by molar-refractivity contribution is 0.0524. The van der Waals surface area contributed by atoms with E-state index in [1.54, 1.807) is 16.7 Å². The number of nitrogens with zero attached hydrogens (tertiary/aromatic N) is 3. The maximum absolute atomic E-state index is 13.3. The van der Waals surface area contributed by atoms with Crippen molar-refractivity contribution in [1.82, 2.24) is 14.7 Å². The predicted molar refractivity (Wildman–Crippen MR) is 115 cm³/mol. The maximum atomic E-state index is 13.3. The number of amides is 2. The Labute approximate surface area is 186 Å². The molecule has 0 aliphatic carbocycles. The molecule has 3 heterocycles. The molecule has 32 heavy (non-hydrogen) atoms. The minimum absolute atomic E-state index is 0.00132. The van der Waals surface area contributed by atoms with Crippen LogP contribution in [-0.2, 0) is 24.4 Å². The van der Waals surface area contributed by atoms with Gasteiger partial charge in [0.05, 0.1) is 0 Å². The lowest BCUT2D eigenvalue weighted by Crippen LogP contribution is -2.50. The van der Waals surface area contributed by atoms with Crippen LogP contribution >= 0.6 is 0 Å². The summed E-state index contributed by atoms with van der Waals surface area (Å²) >= 11 is 0. The van der Waals surface area contributed by atoms with Crippen molar-refractivity contribution in [3.05, 3.63) is 57.0 Å². The van der Waals surface area contributed by atoms with Gasteiger partial charge in [0.2, 0.25) is 0 Å². The highest BCUT2D eigenvalue weighted by molar-refractivity contribution is 5.96. The number of rotatable bonds is 3. The number of hydrogen-bond donors (Lipinski definition) is 0. The molecule has 1 saturated heterocycles. The van der Waals surface area contributed by atoms with Gasteiger partial charge in [-0.3, -0.25) is 9.69 Å². The Hall–Kier alpha value is -3.07. The van der Waals surface area contributed by atoms with Crippen LogP contribution in [0, 0.1) is 6.92 Å². The van der Waals surface area contributed by atoms with Gasteiger partial charge in [0.1, 0.15) is 0 Å². The second kappa shape index (κ2) is 8.46. The number of hydrogen-bond acceptors (Lipinski definition) is 7. The number of fused-ring (bicyclic) bond motifs is 1. The van der Waals surface area contributed by atoms with Crippen LogP contribution in [-0.4, -0.2) is 58.4 Å². The molecule has 9 heteroatoms. The van der Waals surface area contributed by atoms with Gasteiger partial charge in [-0.1, -0.05) is 12.1 Å². The number of aryl methyl sites for hydroxylation is 1. The van der Waals surface area contributed by atoms with Crippen LogP contribution in [0.15, 0.2) is 31.8 Å². The third kappa shape index (κ3) is 4.43. The van der Waals surface area contributed by atoms with E-state index in [1.807, 2.05) is 12.1 Å². The molecule has 2 aliphatic rings. The van der Waals surface area contributed by atoms with E-state index in [9.17, 15) is 14.4 Å². The maximum Gasteiger partial charge on any atom is 0.519 e. The SMILES string of the molecule is Cc1oc(=O)oc1COC(=O)N1CCN(C(=O)c2cccc3c2CN(C(C)(C)C)C3)CC1. The Balaban J connectivity index is 1.35. The van der Waals surface area contributed by atoms with Crippen LogP contribution in [0.3, 0.4) is 0 Å². The third-order valence-electron chi connectivity index (χ3n) is 6.15. The van der Waals surface area contributed by atoms with Gasteiger partial charge in [0, 0.05) is 50.4 Å². The zero-order valence-corrected chi connectivity index (χ0v) is 19.0. The Morgan fingerprint density at radius 2 is 1.72 bits per heavy atom. The van der Waals surface area contributed by atoms with Gasteiger partial charge in [-0.15, -0.1) is 0 Å². The zero-order valence-electron chi connectivity index (χ0n) is 19.0. The summed E-state index contributed by atoms with van der Waals surface area (Å²) in [6.45, 7) is 11.2. The Bertz CT molecular complexity index is 1070. The number of carbonyl (C=O) groups excluding carboxylic acids is 2. The van der Waals surface area contributed by atoms with Gasteiger partial charge in [-0.2, -0.15) is 0 Å². The first kappa shape index (κ1) is 22.1. The molecule has 0 radical (unpaired) electrons. The Kier molecular flexibility index (Phi) is 5.85. The highest BCUT2D eigenvalue weighted by Crippen LogP contribution is 2.31. The lowest BCUT2D eigenvalue weighted by Gasteiger charge is -2.34. The minimum atomic E-state index is -0.821. The fraction of sp³-hybridized carbons (Fsp3) is 0.522. The molecule has 172 valence electrons. The molecular formula is C23H29N3O6. The molecule has 0 spiro atoms. The van der Waals surface area contributed by atoms with Gasteiger partial charge >= 0.3 is 11.9 Å². The number of benzene rings is 1. The second-order valence-corrected chi connectivity index (χ2v) is 9.24. The van der Waals surface area contributed by atoms with E-state index in [0.717, 1.165) is 24.2 Å². The van der Waals surface area contributed by atoms with Gasteiger partial charge in [0.15, 0.2) is 18.1 Å². The van der Waals surface area contributed by atoms with Crippen molar-refractivity contribution in [2.45, 2.75) is 52.9 Å². The fourth-order valence-corrected chi connectivity index (χ4v) is 4.08. The summed E-state index contributed by atoms with van der Waals surface area (Å²) < 4.78 is 14.8. The first-order valence-corrected chi connectivity index (χ1v) is 10.8. The van der Waals surface area contributed by atoms with E-state index in [-0.39, 0.29) is 23.8 Å². The van der Waals surface area contributed by atoms with Crippen LogP contribution in [0.4, 0.5) is 4.79 Å². The van der Waals surface area contributed by atoms with E-state index in [4.69, 9.17) is 13.6 Å².